The number of ether oxygens (including phenoxy) is 3. The van der Waals surface area contributed by atoms with Crippen molar-refractivity contribution in [2.45, 2.75) is 32.4 Å². The molecule has 0 bridgehead atoms. The number of carbonyl (C=O) groups is 3. The molecule has 2 aromatic rings. The minimum Gasteiger partial charge on any atom is -0.493 e. The van der Waals surface area contributed by atoms with E-state index in [0.29, 0.717) is 22.7 Å². The molecule has 2 atom stereocenters. The number of anilines is 1. The molecule has 0 unspecified atom stereocenters. The van der Waals surface area contributed by atoms with Gasteiger partial charge < -0.3 is 19.5 Å². The van der Waals surface area contributed by atoms with Crippen LogP contribution in [0.5, 0.6) is 11.5 Å². The minimum atomic E-state index is -0.629. The molecule has 2 rings (SSSR count). The molecular weight excluding hydrogens is 400 g/mol. The summed E-state index contributed by atoms with van der Waals surface area (Å²) in [5.41, 5.74) is 1.88. The van der Waals surface area contributed by atoms with Crippen LogP contribution in [0, 0.1) is 0 Å². The number of nitrogens with one attached hydrogen (secondary N) is 2. The fourth-order valence-electron chi connectivity index (χ4n) is 3.01. The second kappa shape index (κ2) is 11.1. The fourth-order valence-corrected chi connectivity index (χ4v) is 3.01. The van der Waals surface area contributed by atoms with Gasteiger partial charge in [0.2, 0.25) is 5.91 Å². The topological polar surface area (TPSA) is 103 Å². The Hall–Kier alpha value is -3.39. The van der Waals surface area contributed by atoms with Crippen LogP contribution in [0.2, 0.25) is 0 Å². The molecule has 0 aromatic heterocycles. The summed E-state index contributed by atoms with van der Waals surface area (Å²) in [4.78, 5) is 36.0. The highest BCUT2D eigenvalue weighted by Gasteiger charge is 2.23. The molecule has 0 saturated heterocycles. The first-order valence-corrected chi connectivity index (χ1v) is 9.75. The van der Waals surface area contributed by atoms with Crippen LogP contribution in [0.4, 0.5) is 5.69 Å². The second-order valence-corrected chi connectivity index (χ2v) is 6.96. The zero-order valence-corrected chi connectivity index (χ0v) is 18.4. The van der Waals surface area contributed by atoms with Gasteiger partial charge in [-0.1, -0.05) is 6.07 Å². The molecule has 31 heavy (non-hydrogen) atoms. The van der Waals surface area contributed by atoms with E-state index in [2.05, 4.69) is 10.6 Å². The SMILES string of the molecule is COC(=O)C[C@H](N[C@@H](C)C(=O)Nc1ccc(C(C)=O)cc1)c1ccc(OC)c(OC)c1. The maximum Gasteiger partial charge on any atom is 0.307 e. The zero-order chi connectivity index (χ0) is 23.0. The number of rotatable bonds is 10. The van der Waals surface area contributed by atoms with Gasteiger partial charge in [0.25, 0.3) is 0 Å². The van der Waals surface area contributed by atoms with Crippen molar-refractivity contribution in [3.8, 4) is 11.5 Å². The molecule has 1 amide bonds. The standard InChI is InChI=1S/C23H28N2O6/c1-14(23(28)25-18-9-6-16(7-10-18)15(2)26)24-19(13-22(27)31-5)17-8-11-20(29-3)21(12-17)30-4/h6-12,14,19,24H,13H2,1-5H3,(H,25,28)/t14-,19-/m0/s1. The first-order chi connectivity index (χ1) is 14.8. The Bertz CT molecular complexity index is 926. The molecule has 8 heteroatoms. The van der Waals surface area contributed by atoms with Crippen LogP contribution in [-0.2, 0) is 14.3 Å². The lowest BCUT2D eigenvalue weighted by molar-refractivity contribution is -0.141. The Morgan fingerprint density at radius 2 is 1.58 bits per heavy atom. The number of Topliss-reactive ketones (excluding diaryl/α,β-unsaturated/α-hetero) is 1. The van der Waals surface area contributed by atoms with E-state index in [-0.39, 0.29) is 18.1 Å². The molecule has 0 spiro atoms. The number of methoxy groups -OCH3 is 3. The molecule has 2 N–H and O–H groups in total. The zero-order valence-electron chi connectivity index (χ0n) is 18.4. The predicted octanol–water partition coefficient (Wildman–Crippen LogP) is 3.13. The highest BCUT2D eigenvalue weighted by atomic mass is 16.5. The number of benzene rings is 2. The maximum absolute atomic E-state index is 12.7. The van der Waals surface area contributed by atoms with Gasteiger partial charge in [-0.25, -0.2) is 0 Å². The molecule has 0 radical (unpaired) electrons. The number of amides is 1. The summed E-state index contributed by atoms with van der Waals surface area (Å²) < 4.78 is 15.4. The highest BCUT2D eigenvalue weighted by molar-refractivity contribution is 5.97. The van der Waals surface area contributed by atoms with E-state index in [9.17, 15) is 14.4 Å². The monoisotopic (exact) mass is 428 g/mol. The molecule has 2 aromatic carbocycles. The first-order valence-electron chi connectivity index (χ1n) is 9.75. The molecule has 8 nitrogen and oxygen atoms in total. The van der Waals surface area contributed by atoms with Crippen molar-refractivity contribution in [1.29, 1.82) is 0 Å². The van der Waals surface area contributed by atoms with Crippen LogP contribution < -0.4 is 20.1 Å². The Morgan fingerprint density at radius 3 is 2.13 bits per heavy atom. The molecule has 0 fully saturated rings. The average Bonchev–Trinajstić information content (AvgIpc) is 2.78. The molecule has 0 saturated carbocycles. The molecule has 0 aliphatic heterocycles. The summed E-state index contributed by atoms with van der Waals surface area (Å²) in [5, 5.41) is 5.97. The smallest absolute Gasteiger partial charge is 0.307 e. The summed E-state index contributed by atoms with van der Waals surface area (Å²) in [6.07, 6.45) is 0.0247. The summed E-state index contributed by atoms with van der Waals surface area (Å²) in [7, 11) is 4.38. The summed E-state index contributed by atoms with van der Waals surface area (Å²) >= 11 is 0. The predicted molar refractivity (Wildman–Crippen MR) is 117 cm³/mol. The molecular formula is C23H28N2O6. The van der Waals surface area contributed by atoms with Crippen molar-refractivity contribution in [3.05, 3.63) is 53.6 Å². The molecule has 0 heterocycles. The third kappa shape index (κ3) is 6.55. The van der Waals surface area contributed by atoms with Gasteiger partial charge in [-0.15, -0.1) is 0 Å². The summed E-state index contributed by atoms with van der Waals surface area (Å²) in [5.74, 6) is 0.321. The van der Waals surface area contributed by atoms with Crippen molar-refractivity contribution in [3.63, 3.8) is 0 Å². The fraction of sp³-hybridized carbons (Fsp3) is 0.348. The van der Waals surface area contributed by atoms with Gasteiger partial charge in [0.1, 0.15) is 0 Å². The maximum atomic E-state index is 12.7. The number of hydrogen-bond acceptors (Lipinski definition) is 7. The third-order valence-electron chi connectivity index (χ3n) is 4.81. The van der Waals surface area contributed by atoms with Gasteiger partial charge in [-0.05, 0) is 55.8 Å². The Kier molecular flexibility index (Phi) is 8.57. The van der Waals surface area contributed by atoms with Crippen molar-refractivity contribution in [2.24, 2.45) is 0 Å². The van der Waals surface area contributed by atoms with Crippen LogP contribution in [0.3, 0.4) is 0 Å². The van der Waals surface area contributed by atoms with E-state index in [1.165, 1.54) is 28.3 Å². The van der Waals surface area contributed by atoms with Gasteiger partial charge in [-0.3, -0.25) is 19.7 Å². The van der Waals surface area contributed by atoms with E-state index >= 15 is 0 Å². The second-order valence-electron chi connectivity index (χ2n) is 6.96. The van der Waals surface area contributed by atoms with Gasteiger partial charge >= 0.3 is 5.97 Å². The lowest BCUT2D eigenvalue weighted by Gasteiger charge is -2.23. The van der Waals surface area contributed by atoms with E-state index in [0.717, 1.165) is 5.56 Å². The lowest BCUT2D eigenvalue weighted by Crippen LogP contribution is -2.41. The number of hydrogen-bond donors (Lipinski definition) is 2. The van der Waals surface area contributed by atoms with Crippen molar-refractivity contribution < 1.29 is 28.6 Å². The minimum absolute atomic E-state index is 0.0247. The first kappa shape index (κ1) is 23.9. The molecule has 0 aliphatic rings. The lowest BCUT2D eigenvalue weighted by atomic mass is 10.0. The summed E-state index contributed by atoms with van der Waals surface area (Å²) in [6, 6.07) is 10.8. The third-order valence-corrected chi connectivity index (χ3v) is 4.81. The van der Waals surface area contributed by atoms with Gasteiger partial charge in [0.05, 0.1) is 33.8 Å². The number of carbonyl (C=O) groups excluding carboxylic acids is 3. The van der Waals surface area contributed by atoms with Crippen molar-refractivity contribution in [1.82, 2.24) is 5.32 Å². The van der Waals surface area contributed by atoms with Gasteiger partial charge in [0, 0.05) is 17.3 Å². The van der Waals surface area contributed by atoms with Gasteiger partial charge in [-0.2, -0.15) is 0 Å². The summed E-state index contributed by atoms with van der Waals surface area (Å²) in [6.45, 7) is 3.18. The van der Waals surface area contributed by atoms with E-state index in [1.54, 1.807) is 49.4 Å². The van der Waals surface area contributed by atoms with Crippen molar-refractivity contribution in [2.75, 3.05) is 26.6 Å². The Morgan fingerprint density at radius 1 is 0.935 bits per heavy atom. The van der Waals surface area contributed by atoms with Crippen LogP contribution in [-0.4, -0.2) is 45.0 Å². The van der Waals surface area contributed by atoms with Gasteiger partial charge in [0.15, 0.2) is 17.3 Å². The highest BCUT2D eigenvalue weighted by Crippen LogP contribution is 2.31. The van der Waals surface area contributed by atoms with Crippen LogP contribution in [0.25, 0.3) is 0 Å². The Balaban J connectivity index is 2.16. The molecule has 0 aliphatic carbocycles. The normalized spacial score (nSPS) is 12.4. The van der Waals surface area contributed by atoms with E-state index in [4.69, 9.17) is 14.2 Å². The number of esters is 1. The van der Waals surface area contributed by atoms with Crippen LogP contribution >= 0.6 is 0 Å². The van der Waals surface area contributed by atoms with E-state index in [1.807, 2.05) is 0 Å². The Labute approximate surface area is 181 Å². The van der Waals surface area contributed by atoms with Crippen LogP contribution in [0.1, 0.15) is 42.2 Å². The quantitative estimate of drug-likeness (QED) is 0.443. The van der Waals surface area contributed by atoms with Crippen LogP contribution in [0.15, 0.2) is 42.5 Å². The number of ketones is 1. The molecule has 166 valence electrons. The average molecular weight is 428 g/mol. The van der Waals surface area contributed by atoms with Crippen molar-refractivity contribution >= 4 is 23.3 Å². The van der Waals surface area contributed by atoms with E-state index < -0.39 is 18.1 Å². The largest absolute Gasteiger partial charge is 0.493 e.